The summed E-state index contributed by atoms with van der Waals surface area (Å²) < 4.78 is 13.6. The van der Waals surface area contributed by atoms with Crippen molar-refractivity contribution in [1.82, 2.24) is 0 Å². The summed E-state index contributed by atoms with van der Waals surface area (Å²) in [5.41, 5.74) is 14.7. The van der Waals surface area contributed by atoms with Gasteiger partial charge in [-0.1, -0.05) is 161 Å². The van der Waals surface area contributed by atoms with E-state index in [1.807, 2.05) is 0 Å². The molecule has 0 spiro atoms. The molecule has 0 saturated carbocycles. The van der Waals surface area contributed by atoms with Crippen molar-refractivity contribution in [2.24, 2.45) is 0 Å². The van der Waals surface area contributed by atoms with Gasteiger partial charge in [0.05, 0.1) is 5.39 Å². The van der Waals surface area contributed by atoms with Crippen molar-refractivity contribution >= 4 is 99.5 Å². The van der Waals surface area contributed by atoms with Gasteiger partial charge in [-0.3, -0.25) is 0 Å². The van der Waals surface area contributed by atoms with Gasteiger partial charge in [0, 0.05) is 61.1 Å². The molecule has 0 amide bonds. The van der Waals surface area contributed by atoms with E-state index in [1.165, 1.54) is 22.3 Å². The van der Waals surface area contributed by atoms with Gasteiger partial charge in [0.15, 0.2) is 0 Å². The molecule has 2 aromatic heterocycles. The molecule has 0 N–H and O–H groups in total. The molecule has 0 aliphatic rings. The van der Waals surface area contributed by atoms with Gasteiger partial charge in [-0.25, -0.2) is 0 Å². The Balaban J connectivity index is 0.867. The lowest BCUT2D eigenvalue weighted by Crippen LogP contribution is -2.19. The van der Waals surface area contributed by atoms with E-state index in [2.05, 4.69) is 280 Å². The maximum absolute atomic E-state index is 6.93. The van der Waals surface area contributed by atoms with Crippen LogP contribution in [-0.4, -0.2) is 0 Å². The highest BCUT2D eigenvalue weighted by molar-refractivity contribution is 6.24. The van der Waals surface area contributed by atoms with Gasteiger partial charge in [0.1, 0.15) is 22.3 Å². The number of hydrogen-bond acceptors (Lipinski definition) is 4. The molecule has 0 saturated heterocycles. The second-order valence-corrected chi connectivity index (χ2v) is 20.2. The van der Waals surface area contributed by atoms with Crippen LogP contribution >= 0.6 is 0 Å². The van der Waals surface area contributed by atoms with Crippen molar-refractivity contribution in [3.8, 4) is 0 Å². The molecule has 346 valence electrons. The first kappa shape index (κ1) is 43.2. The standard InChI is InChI=1S/C68H52N2O2/c1-67(2,49-17-9-5-10-18-49)51-27-33-55(34-28-51)69(53-21-13-7-14-22-53)57-31-25-45-41-60-59-37-38-62-65(66(59)72-63(60)43-47(45)39-57)61-42-46-26-32-58(40-48(46)44-64(61)71-62)70(54-23-15-8-16-24-54)56-35-29-52(30-36-56)68(3,4)50-19-11-6-12-20-50/h5-44H,1-4H3. The lowest BCUT2D eigenvalue weighted by molar-refractivity contribution is 0.641. The molecule has 2 heterocycles. The van der Waals surface area contributed by atoms with Crippen LogP contribution in [0.1, 0.15) is 49.9 Å². The van der Waals surface area contributed by atoms with Crippen LogP contribution in [0.5, 0.6) is 0 Å². The van der Waals surface area contributed by atoms with Crippen LogP contribution in [0.3, 0.4) is 0 Å². The SMILES string of the molecule is CC(C)(c1ccccc1)c1ccc(N(c2ccccc2)c2ccc3cc4c(cc3c2)oc2c4ccc3oc4cc5cc(N(c6ccccc6)c6ccc(C(C)(C)c7ccccc7)cc6)ccc5cc4c32)cc1. The topological polar surface area (TPSA) is 32.8 Å². The zero-order valence-corrected chi connectivity index (χ0v) is 40.8. The number of furan rings is 2. The molecule has 11 aromatic carbocycles. The molecule has 0 fully saturated rings. The number of para-hydroxylation sites is 2. The Labute approximate surface area is 419 Å². The third-order valence-corrected chi connectivity index (χ3v) is 15.2. The summed E-state index contributed by atoms with van der Waals surface area (Å²) in [7, 11) is 0. The summed E-state index contributed by atoms with van der Waals surface area (Å²) in [6.45, 7) is 9.17. The minimum atomic E-state index is -0.133. The van der Waals surface area contributed by atoms with E-state index in [9.17, 15) is 0 Å². The predicted octanol–water partition coefficient (Wildman–Crippen LogP) is 19.4. The average Bonchev–Trinajstić information content (AvgIpc) is 3.98. The Bertz CT molecular complexity index is 4120. The molecule has 72 heavy (non-hydrogen) atoms. The predicted molar refractivity (Wildman–Crippen MR) is 303 cm³/mol. The fraction of sp³-hybridized carbons (Fsp3) is 0.0882. The van der Waals surface area contributed by atoms with E-state index in [0.717, 1.165) is 99.5 Å². The average molecular weight is 929 g/mol. The summed E-state index contributed by atoms with van der Waals surface area (Å²) in [5.74, 6) is 0. The molecule has 0 atom stereocenters. The lowest BCUT2D eigenvalue weighted by atomic mass is 9.78. The minimum Gasteiger partial charge on any atom is -0.456 e. The van der Waals surface area contributed by atoms with Crippen LogP contribution in [0.25, 0.3) is 65.4 Å². The first-order valence-electron chi connectivity index (χ1n) is 24.9. The molecular formula is C68H52N2O2. The van der Waals surface area contributed by atoms with Crippen LogP contribution in [0.4, 0.5) is 34.1 Å². The highest BCUT2D eigenvalue weighted by Crippen LogP contribution is 2.45. The van der Waals surface area contributed by atoms with Gasteiger partial charge in [-0.05, 0) is 153 Å². The summed E-state index contributed by atoms with van der Waals surface area (Å²) >= 11 is 0. The van der Waals surface area contributed by atoms with Gasteiger partial charge in [-0.2, -0.15) is 0 Å². The largest absolute Gasteiger partial charge is 0.456 e. The molecule has 0 aliphatic heterocycles. The van der Waals surface area contributed by atoms with E-state index in [1.54, 1.807) is 0 Å². The fourth-order valence-corrected chi connectivity index (χ4v) is 11.0. The zero-order chi connectivity index (χ0) is 48.6. The van der Waals surface area contributed by atoms with Crippen LogP contribution in [-0.2, 0) is 10.8 Å². The minimum absolute atomic E-state index is 0.133. The number of anilines is 6. The van der Waals surface area contributed by atoms with Gasteiger partial charge in [-0.15, -0.1) is 0 Å². The molecule has 0 aliphatic carbocycles. The van der Waals surface area contributed by atoms with Crippen LogP contribution in [0.15, 0.2) is 251 Å². The highest BCUT2D eigenvalue weighted by Gasteiger charge is 2.26. The first-order valence-corrected chi connectivity index (χ1v) is 24.9. The third kappa shape index (κ3) is 7.29. The number of nitrogens with zero attached hydrogens (tertiary/aromatic N) is 2. The molecule has 13 rings (SSSR count). The monoisotopic (exact) mass is 928 g/mol. The normalized spacial score (nSPS) is 12.2. The maximum atomic E-state index is 6.93. The van der Waals surface area contributed by atoms with Gasteiger partial charge < -0.3 is 18.6 Å². The van der Waals surface area contributed by atoms with Gasteiger partial charge in [0.2, 0.25) is 0 Å². The summed E-state index contributed by atoms with van der Waals surface area (Å²) in [4.78, 5) is 4.66. The summed E-state index contributed by atoms with van der Waals surface area (Å²) in [6.07, 6.45) is 0. The fourth-order valence-electron chi connectivity index (χ4n) is 11.0. The van der Waals surface area contributed by atoms with E-state index in [-0.39, 0.29) is 10.8 Å². The van der Waals surface area contributed by atoms with E-state index in [0.29, 0.717) is 0 Å². The smallest absolute Gasteiger partial charge is 0.147 e. The number of hydrogen-bond donors (Lipinski definition) is 0. The van der Waals surface area contributed by atoms with Gasteiger partial charge >= 0.3 is 0 Å². The molecule has 4 nitrogen and oxygen atoms in total. The van der Waals surface area contributed by atoms with E-state index < -0.39 is 0 Å². The Morgan fingerprint density at radius 3 is 1.14 bits per heavy atom. The molecular weight excluding hydrogens is 877 g/mol. The number of benzene rings is 11. The molecule has 0 radical (unpaired) electrons. The highest BCUT2D eigenvalue weighted by atomic mass is 16.3. The Kier molecular flexibility index (Phi) is 10.2. The molecule has 0 bridgehead atoms. The van der Waals surface area contributed by atoms with Crippen LogP contribution in [0.2, 0.25) is 0 Å². The van der Waals surface area contributed by atoms with Crippen molar-refractivity contribution in [3.63, 3.8) is 0 Å². The van der Waals surface area contributed by atoms with Crippen molar-refractivity contribution < 1.29 is 8.83 Å². The Hall–Kier alpha value is -8.86. The van der Waals surface area contributed by atoms with E-state index in [4.69, 9.17) is 8.83 Å². The Morgan fingerprint density at radius 2 is 0.667 bits per heavy atom. The molecule has 4 heteroatoms. The quantitative estimate of drug-likeness (QED) is 0.137. The summed E-state index contributed by atoms with van der Waals surface area (Å²) in [5, 5.41) is 8.67. The third-order valence-electron chi connectivity index (χ3n) is 15.2. The van der Waals surface area contributed by atoms with Crippen molar-refractivity contribution in [1.29, 1.82) is 0 Å². The second kappa shape index (κ2) is 16.9. The second-order valence-electron chi connectivity index (χ2n) is 20.2. The zero-order valence-electron chi connectivity index (χ0n) is 40.8. The molecule has 0 unspecified atom stereocenters. The van der Waals surface area contributed by atoms with Crippen LogP contribution < -0.4 is 9.80 Å². The van der Waals surface area contributed by atoms with Crippen molar-refractivity contribution in [3.05, 3.63) is 265 Å². The maximum Gasteiger partial charge on any atom is 0.147 e. The number of fused-ring (bicyclic) bond motifs is 9. The molecule has 13 aromatic rings. The van der Waals surface area contributed by atoms with Crippen molar-refractivity contribution in [2.45, 2.75) is 38.5 Å². The lowest BCUT2D eigenvalue weighted by Gasteiger charge is -2.29. The van der Waals surface area contributed by atoms with Crippen LogP contribution in [0, 0.1) is 0 Å². The van der Waals surface area contributed by atoms with E-state index >= 15 is 0 Å². The number of rotatable bonds is 10. The first-order chi connectivity index (χ1) is 35.2. The van der Waals surface area contributed by atoms with Gasteiger partial charge in [0.25, 0.3) is 0 Å². The summed E-state index contributed by atoms with van der Waals surface area (Å²) in [6, 6.07) is 87.4. The Morgan fingerprint density at radius 1 is 0.278 bits per heavy atom. The van der Waals surface area contributed by atoms with Crippen molar-refractivity contribution in [2.75, 3.05) is 9.80 Å².